The van der Waals surface area contributed by atoms with Crippen LogP contribution in [0, 0.1) is 0 Å². The summed E-state index contributed by atoms with van der Waals surface area (Å²) in [6.07, 6.45) is 8.14. The lowest BCUT2D eigenvalue weighted by Crippen LogP contribution is -2.12. The molecule has 2 heterocycles. The minimum atomic E-state index is 0.00102. The summed E-state index contributed by atoms with van der Waals surface area (Å²) in [4.78, 5) is 3.97. The van der Waals surface area contributed by atoms with Gasteiger partial charge in [-0.05, 0) is 24.1 Å². The summed E-state index contributed by atoms with van der Waals surface area (Å²) in [7, 11) is 1.89. The maximum Gasteiger partial charge on any atom is 0.0537 e. The molecule has 0 fully saturated rings. The molecule has 4 nitrogen and oxygen atoms in total. The Hall–Kier alpha value is -1.68. The van der Waals surface area contributed by atoms with E-state index in [0.29, 0.717) is 0 Å². The van der Waals surface area contributed by atoms with Crippen LogP contribution in [0.15, 0.2) is 36.9 Å². The molecule has 1 atom stereocenters. The Labute approximate surface area is 88.8 Å². The highest BCUT2D eigenvalue weighted by Crippen LogP contribution is 2.14. The SMILES string of the molecule is Cn1cc(C(N)Cc2ccncc2)cn1. The van der Waals surface area contributed by atoms with Gasteiger partial charge in [-0.15, -0.1) is 0 Å². The zero-order chi connectivity index (χ0) is 10.7. The van der Waals surface area contributed by atoms with Crippen molar-refractivity contribution < 1.29 is 0 Å². The van der Waals surface area contributed by atoms with Gasteiger partial charge in [-0.1, -0.05) is 0 Å². The van der Waals surface area contributed by atoms with Gasteiger partial charge in [0.15, 0.2) is 0 Å². The quantitative estimate of drug-likeness (QED) is 0.809. The maximum absolute atomic E-state index is 6.07. The first-order chi connectivity index (χ1) is 7.25. The van der Waals surface area contributed by atoms with Crippen molar-refractivity contribution in [3.63, 3.8) is 0 Å². The summed E-state index contributed by atoms with van der Waals surface area (Å²) in [5.41, 5.74) is 8.33. The van der Waals surface area contributed by atoms with E-state index in [-0.39, 0.29) is 6.04 Å². The molecule has 0 saturated heterocycles. The normalized spacial score (nSPS) is 12.7. The highest BCUT2D eigenvalue weighted by atomic mass is 15.2. The van der Waals surface area contributed by atoms with E-state index in [2.05, 4.69) is 10.1 Å². The molecule has 78 valence electrons. The fourth-order valence-electron chi connectivity index (χ4n) is 1.52. The highest BCUT2D eigenvalue weighted by Gasteiger charge is 2.08. The van der Waals surface area contributed by atoms with Gasteiger partial charge in [0.25, 0.3) is 0 Å². The highest BCUT2D eigenvalue weighted by molar-refractivity contribution is 5.17. The summed E-state index contributed by atoms with van der Waals surface area (Å²) >= 11 is 0. The Morgan fingerprint density at radius 1 is 1.40 bits per heavy atom. The van der Waals surface area contributed by atoms with Crippen LogP contribution < -0.4 is 5.73 Å². The number of aromatic nitrogens is 3. The predicted molar refractivity (Wildman–Crippen MR) is 58.1 cm³/mol. The Balaban J connectivity index is 2.07. The van der Waals surface area contributed by atoms with Crippen LogP contribution in [0.5, 0.6) is 0 Å². The van der Waals surface area contributed by atoms with E-state index in [1.807, 2.05) is 31.6 Å². The molecule has 2 rings (SSSR count). The molecule has 0 spiro atoms. The minimum Gasteiger partial charge on any atom is -0.324 e. The average molecular weight is 202 g/mol. The largest absolute Gasteiger partial charge is 0.324 e. The molecule has 0 aliphatic heterocycles. The van der Waals surface area contributed by atoms with Gasteiger partial charge in [-0.3, -0.25) is 9.67 Å². The predicted octanol–water partition coefficient (Wildman–Crippen LogP) is 1.06. The maximum atomic E-state index is 6.07. The first kappa shape index (κ1) is 9.86. The fraction of sp³-hybridized carbons (Fsp3) is 0.273. The minimum absolute atomic E-state index is 0.00102. The van der Waals surface area contributed by atoms with E-state index in [1.165, 1.54) is 5.56 Å². The Morgan fingerprint density at radius 3 is 2.73 bits per heavy atom. The summed E-state index contributed by atoms with van der Waals surface area (Å²) in [6, 6.07) is 3.97. The summed E-state index contributed by atoms with van der Waals surface area (Å²) in [5, 5.41) is 4.10. The van der Waals surface area contributed by atoms with E-state index < -0.39 is 0 Å². The third-order valence-corrected chi connectivity index (χ3v) is 2.36. The van der Waals surface area contributed by atoms with Crippen molar-refractivity contribution in [3.05, 3.63) is 48.0 Å². The van der Waals surface area contributed by atoms with E-state index >= 15 is 0 Å². The number of hydrogen-bond acceptors (Lipinski definition) is 3. The molecular weight excluding hydrogens is 188 g/mol. The lowest BCUT2D eigenvalue weighted by atomic mass is 10.0. The molecule has 0 amide bonds. The molecule has 0 bridgehead atoms. The molecule has 15 heavy (non-hydrogen) atoms. The smallest absolute Gasteiger partial charge is 0.0537 e. The zero-order valence-corrected chi connectivity index (χ0v) is 8.67. The molecular formula is C11H14N4. The first-order valence-electron chi connectivity index (χ1n) is 4.89. The number of hydrogen-bond donors (Lipinski definition) is 1. The van der Waals surface area contributed by atoms with Crippen molar-refractivity contribution in [2.75, 3.05) is 0 Å². The molecule has 2 N–H and O–H groups in total. The van der Waals surface area contributed by atoms with Crippen molar-refractivity contribution in [1.82, 2.24) is 14.8 Å². The lowest BCUT2D eigenvalue weighted by molar-refractivity contribution is 0.716. The number of nitrogens with two attached hydrogens (primary N) is 1. The molecule has 2 aromatic rings. The van der Waals surface area contributed by atoms with Gasteiger partial charge >= 0.3 is 0 Å². The first-order valence-corrected chi connectivity index (χ1v) is 4.89. The van der Waals surface area contributed by atoms with E-state index in [1.54, 1.807) is 17.1 Å². The van der Waals surface area contributed by atoms with Crippen LogP contribution >= 0.6 is 0 Å². The molecule has 4 heteroatoms. The van der Waals surface area contributed by atoms with Crippen molar-refractivity contribution in [3.8, 4) is 0 Å². The van der Waals surface area contributed by atoms with Gasteiger partial charge in [0.05, 0.1) is 6.20 Å². The van der Waals surface area contributed by atoms with Crippen LogP contribution in [-0.2, 0) is 13.5 Å². The van der Waals surface area contributed by atoms with E-state index in [9.17, 15) is 0 Å². The molecule has 0 radical (unpaired) electrons. The van der Waals surface area contributed by atoms with Crippen molar-refractivity contribution in [1.29, 1.82) is 0 Å². The topological polar surface area (TPSA) is 56.7 Å². The molecule has 1 unspecified atom stereocenters. The number of nitrogens with zero attached hydrogens (tertiary/aromatic N) is 3. The van der Waals surface area contributed by atoms with Crippen molar-refractivity contribution in [2.45, 2.75) is 12.5 Å². The van der Waals surface area contributed by atoms with E-state index in [0.717, 1.165) is 12.0 Å². The number of pyridine rings is 1. The summed E-state index contributed by atoms with van der Waals surface area (Å²) in [5.74, 6) is 0. The summed E-state index contributed by atoms with van der Waals surface area (Å²) in [6.45, 7) is 0. The van der Waals surface area contributed by atoms with Gasteiger partial charge in [0.1, 0.15) is 0 Å². The van der Waals surface area contributed by atoms with Crippen LogP contribution in [0.1, 0.15) is 17.2 Å². The Kier molecular flexibility index (Phi) is 2.78. The molecule has 0 aliphatic carbocycles. The van der Waals surface area contributed by atoms with E-state index in [4.69, 9.17) is 5.73 Å². The molecule has 0 aliphatic rings. The van der Waals surface area contributed by atoms with Gasteiger partial charge in [-0.25, -0.2) is 0 Å². The van der Waals surface area contributed by atoms with Gasteiger partial charge in [0, 0.05) is 37.2 Å². The second-order valence-electron chi connectivity index (χ2n) is 3.61. The van der Waals surface area contributed by atoms with Crippen LogP contribution in [-0.4, -0.2) is 14.8 Å². The fourth-order valence-corrected chi connectivity index (χ4v) is 1.52. The average Bonchev–Trinajstić information content (AvgIpc) is 2.66. The number of rotatable bonds is 3. The summed E-state index contributed by atoms with van der Waals surface area (Å²) < 4.78 is 1.77. The standard InChI is InChI=1S/C11H14N4/c1-15-8-10(7-14-15)11(12)6-9-2-4-13-5-3-9/h2-5,7-8,11H,6,12H2,1H3. The second kappa shape index (κ2) is 4.23. The third-order valence-electron chi connectivity index (χ3n) is 2.36. The Bertz CT molecular complexity index is 421. The molecule has 0 saturated carbocycles. The second-order valence-corrected chi connectivity index (χ2v) is 3.61. The van der Waals surface area contributed by atoms with Gasteiger partial charge in [0.2, 0.25) is 0 Å². The molecule has 0 aromatic carbocycles. The van der Waals surface area contributed by atoms with Crippen molar-refractivity contribution >= 4 is 0 Å². The number of aryl methyl sites for hydroxylation is 1. The van der Waals surface area contributed by atoms with Crippen LogP contribution in [0.2, 0.25) is 0 Å². The molecule has 2 aromatic heterocycles. The van der Waals surface area contributed by atoms with Crippen LogP contribution in [0.4, 0.5) is 0 Å². The van der Waals surface area contributed by atoms with Gasteiger partial charge < -0.3 is 5.73 Å². The zero-order valence-electron chi connectivity index (χ0n) is 8.67. The Morgan fingerprint density at radius 2 is 2.13 bits per heavy atom. The van der Waals surface area contributed by atoms with Crippen LogP contribution in [0.3, 0.4) is 0 Å². The van der Waals surface area contributed by atoms with Crippen molar-refractivity contribution in [2.24, 2.45) is 12.8 Å². The lowest BCUT2D eigenvalue weighted by Gasteiger charge is -2.08. The third kappa shape index (κ3) is 2.41. The monoisotopic (exact) mass is 202 g/mol. The van der Waals surface area contributed by atoms with Gasteiger partial charge in [-0.2, -0.15) is 5.10 Å². The van der Waals surface area contributed by atoms with Crippen LogP contribution in [0.25, 0.3) is 0 Å².